The van der Waals surface area contributed by atoms with E-state index >= 15 is 0 Å². The molecule has 15 heavy (non-hydrogen) atoms. The molecular formula is C11H21NO2S. The molecule has 1 rings (SSSR count). The Balaban J connectivity index is 2.39. The maximum Gasteiger partial charge on any atom is 0.321 e. The van der Waals surface area contributed by atoms with Crippen LogP contribution >= 0.6 is 11.8 Å². The van der Waals surface area contributed by atoms with Gasteiger partial charge < -0.3 is 5.11 Å². The molecule has 1 heterocycles. The fourth-order valence-corrected chi connectivity index (χ4v) is 3.44. The van der Waals surface area contributed by atoms with Crippen LogP contribution in [0, 0.1) is 5.92 Å². The minimum Gasteiger partial charge on any atom is -0.480 e. The number of thioether (sulfide) groups is 1. The Bertz CT molecular complexity index is 211. The van der Waals surface area contributed by atoms with E-state index < -0.39 is 5.97 Å². The molecule has 1 fully saturated rings. The second-order valence-corrected chi connectivity index (χ2v) is 5.30. The van der Waals surface area contributed by atoms with Crippen LogP contribution < -0.4 is 5.32 Å². The van der Waals surface area contributed by atoms with E-state index in [1.807, 2.05) is 0 Å². The first-order valence-electron chi connectivity index (χ1n) is 5.79. The van der Waals surface area contributed by atoms with Gasteiger partial charge in [0.2, 0.25) is 0 Å². The van der Waals surface area contributed by atoms with Crippen LogP contribution in [-0.4, -0.2) is 28.2 Å². The van der Waals surface area contributed by atoms with Crippen LogP contribution in [0.2, 0.25) is 0 Å². The van der Waals surface area contributed by atoms with Crippen molar-refractivity contribution >= 4 is 17.7 Å². The maximum absolute atomic E-state index is 10.8. The number of carbonyl (C=O) groups is 1. The summed E-state index contributed by atoms with van der Waals surface area (Å²) in [6.45, 7) is 4.39. The third-order valence-electron chi connectivity index (χ3n) is 2.99. The maximum atomic E-state index is 10.8. The average Bonchev–Trinajstić information content (AvgIpc) is 2.68. The van der Waals surface area contributed by atoms with E-state index in [0.29, 0.717) is 17.0 Å². The summed E-state index contributed by atoms with van der Waals surface area (Å²) in [4.78, 5) is 10.8. The van der Waals surface area contributed by atoms with Crippen molar-refractivity contribution < 1.29 is 9.90 Å². The molecule has 0 radical (unpaired) electrons. The highest BCUT2D eigenvalue weighted by Crippen LogP contribution is 2.30. The van der Waals surface area contributed by atoms with E-state index in [-0.39, 0.29) is 6.04 Å². The number of carboxylic acids is 1. The molecule has 2 N–H and O–H groups in total. The van der Waals surface area contributed by atoms with Gasteiger partial charge in [-0.1, -0.05) is 33.1 Å². The zero-order valence-corrected chi connectivity index (χ0v) is 10.3. The first-order valence-corrected chi connectivity index (χ1v) is 6.84. The van der Waals surface area contributed by atoms with Crippen molar-refractivity contribution in [2.75, 3.05) is 5.75 Å². The second-order valence-electron chi connectivity index (χ2n) is 4.12. The van der Waals surface area contributed by atoms with Gasteiger partial charge in [-0.05, 0) is 12.3 Å². The van der Waals surface area contributed by atoms with Crippen LogP contribution in [0.25, 0.3) is 0 Å². The summed E-state index contributed by atoms with van der Waals surface area (Å²) in [5.41, 5.74) is 0. The predicted molar refractivity (Wildman–Crippen MR) is 64.1 cm³/mol. The number of nitrogens with one attached hydrogen (secondary N) is 1. The molecule has 0 bridgehead atoms. The summed E-state index contributed by atoms with van der Waals surface area (Å²) in [7, 11) is 0. The molecule has 3 atom stereocenters. The summed E-state index contributed by atoms with van der Waals surface area (Å²) in [6, 6.07) is -0.337. The summed E-state index contributed by atoms with van der Waals surface area (Å²) in [5, 5.41) is 12.4. The molecule has 0 amide bonds. The van der Waals surface area contributed by atoms with Crippen molar-refractivity contribution in [2.24, 2.45) is 5.92 Å². The smallest absolute Gasteiger partial charge is 0.321 e. The lowest BCUT2D eigenvalue weighted by Crippen LogP contribution is -2.39. The Morgan fingerprint density at radius 2 is 2.33 bits per heavy atom. The quantitative estimate of drug-likeness (QED) is 0.736. The van der Waals surface area contributed by atoms with E-state index in [1.54, 1.807) is 11.8 Å². The van der Waals surface area contributed by atoms with Crippen molar-refractivity contribution in [3.63, 3.8) is 0 Å². The van der Waals surface area contributed by atoms with Crippen molar-refractivity contribution in [1.29, 1.82) is 0 Å². The summed E-state index contributed by atoms with van der Waals surface area (Å²) < 4.78 is 0. The highest BCUT2D eigenvalue weighted by molar-refractivity contribution is 8.00. The minimum absolute atomic E-state index is 0.337. The number of hydrogen-bond acceptors (Lipinski definition) is 3. The highest BCUT2D eigenvalue weighted by atomic mass is 32.2. The molecule has 1 aliphatic rings. The Morgan fingerprint density at radius 1 is 1.60 bits per heavy atom. The van der Waals surface area contributed by atoms with Crippen LogP contribution in [0.3, 0.4) is 0 Å². The van der Waals surface area contributed by atoms with Gasteiger partial charge in [0, 0.05) is 5.75 Å². The fraction of sp³-hybridized carbons (Fsp3) is 0.909. The van der Waals surface area contributed by atoms with Crippen molar-refractivity contribution in [2.45, 2.75) is 50.9 Å². The molecule has 1 aliphatic heterocycles. The Morgan fingerprint density at radius 3 is 2.80 bits per heavy atom. The van der Waals surface area contributed by atoms with E-state index in [0.717, 1.165) is 6.42 Å². The minimum atomic E-state index is -0.713. The highest BCUT2D eigenvalue weighted by Gasteiger charge is 2.33. The lowest BCUT2D eigenvalue weighted by Gasteiger charge is -2.21. The molecule has 4 heteroatoms. The van der Waals surface area contributed by atoms with Gasteiger partial charge in [0.15, 0.2) is 0 Å². The van der Waals surface area contributed by atoms with Crippen LogP contribution in [-0.2, 0) is 4.79 Å². The van der Waals surface area contributed by atoms with Gasteiger partial charge in [0.1, 0.15) is 6.04 Å². The van der Waals surface area contributed by atoms with E-state index in [4.69, 9.17) is 5.11 Å². The van der Waals surface area contributed by atoms with Gasteiger partial charge in [-0.15, -0.1) is 11.8 Å². The molecule has 1 saturated heterocycles. The number of hydrogen-bond donors (Lipinski definition) is 2. The molecular weight excluding hydrogens is 210 g/mol. The van der Waals surface area contributed by atoms with E-state index in [2.05, 4.69) is 19.2 Å². The molecule has 0 spiro atoms. The van der Waals surface area contributed by atoms with Crippen LogP contribution in [0.5, 0.6) is 0 Å². The lowest BCUT2D eigenvalue weighted by atomic mass is 9.99. The first-order chi connectivity index (χ1) is 7.19. The molecule has 0 aromatic rings. The Kier molecular flexibility index (Phi) is 5.47. The fourth-order valence-electron chi connectivity index (χ4n) is 1.95. The average molecular weight is 231 g/mol. The van der Waals surface area contributed by atoms with E-state index in [9.17, 15) is 4.79 Å². The normalized spacial score (nSPS) is 27.9. The predicted octanol–water partition coefficient (Wildman–Crippen LogP) is 2.32. The second kappa shape index (κ2) is 6.38. The van der Waals surface area contributed by atoms with Gasteiger partial charge in [0.05, 0.1) is 5.37 Å². The molecule has 0 aliphatic carbocycles. The Hall–Kier alpha value is -0.220. The van der Waals surface area contributed by atoms with Gasteiger partial charge >= 0.3 is 5.97 Å². The zero-order valence-electron chi connectivity index (χ0n) is 9.53. The standard InChI is InChI=1S/C11H21NO2S/c1-3-5-6-8(4-2)10-12-9(7-15-10)11(13)14/h8-10,12H,3-7H2,1-2H3,(H,13,14). The summed E-state index contributed by atoms with van der Waals surface area (Å²) >= 11 is 1.77. The van der Waals surface area contributed by atoms with Crippen LogP contribution in [0.1, 0.15) is 39.5 Å². The monoisotopic (exact) mass is 231 g/mol. The van der Waals surface area contributed by atoms with E-state index in [1.165, 1.54) is 19.3 Å². The molecule has 0 aromatic heterocycles. The van der Waals surface area contributed by atoms with Gasteiger partial charge in [-0.25, -0.2) is 0 Å². The van der Waals surface area contributed by atoms with Crippen LogP contribution in [0.15, 0.2) is 0 Å². The Labute approximate surface area is 96.0 Å². The number of aliphatic carboxylic acids is 1. The van der Waals surface area contributed by atoms with Gasteiger partial charge in [0.25, 0.3) is 0 Å². The molecule has 3 nitrogen and oxygen atoms in total. The summed E-state index contributed by atoms with van der Waals surface area (Å²) in [5.74, 6) is 0.623. The van der Waals surface area contributed by atoms with Crippen molar-refractivity contribution in [3.8, 4) is 0 Å². The van der Waals surface area contributed by atoms with Gasteiger partial charge in [-0.3, -0.25) is 10.1 Å². The van der Waals surface area contributed by atoms with Gasteiger partial charge in [-0.2, -0.15) is 0 Å². The summed E-state index contributed by atoms with van der Waals surface area (Å²) in [6.07, 6.45) is 4.81. The largest absolute Gasteiger partial charge is 0.480 e. The zero-order chi connectivity index (χ0) is 11.3. The lowest BCUT2D eigenvalue weighted by molar-refractivity contribution is -0.138. The van der Waals surface area contributed by atoms with Crippen molar-refractivity contribution in [3.05, 3.63) is 0 Å². The number of rotatable bonds is 6. The molecule has 3 unspecified atom stereocenters. The topological polar surface area (TPSA) is 49.3 Å². The molecule has 0 aromatic carbocycles. The third kappa shape index (κ3) is 3.68. The first kappa shape index (κ1) is 12.8. The SMILES string of the molecule is CCCCC(CC)C1NC(C(=O)O)CS1. The third-order valence-corrected chi connectivity index (χ3v) is 4.39. The number of carboxylic acid groups (broad SMARTS) is 1. The molecule has 0 saturated carbocycles. The van der Waals surface area contributed by atoms with Crippen molar-refractivity contribution in [1.82, 2.24) is 5.32 Å². The molecule has 88 valence electrons. The number of unbranched alkanes of at least 4 members (excludes halogenated alkanes) is 1. The van der Waals surface area contributed by atoms with Crippen LogP contribution in [0.4, 0.5) is 0 Å².